The molecule has 0 amide bonds. The van der Waals surface area contributed by atoms with Crippen LogP contribution in [0.2, 0.25) is 0 Å². The van der Waals surface area contributed by atoms with Gasteiger partial charge in [0.05, 0.1) is 22.0 Å². The maximum atomic E-state index is 13.3. The van der Waals surface area contributed by atoms with E-state index >= 15 is 0 Å². The third kappa shape index (κ3) is 9.74. The summed E-state index contributed by atoms with van der Waals surface area (Å²) in [6, 6.07) is 28.0. The van der Waals surface area contributed by atoms with Crippen molar-refractivity contribution in [3.63, 3.8) is 0 Å². The molecule has 0 bridgehead atoms. The first kappa shape index (κ1) is 35.2. The molecule has 1 N–H and O–H groups in total. The van der Waals surface area contributed by atoms with Crippen molar-refractivity contribution in [2.45, 2.75) is 25.9 Å². The number of hydrazone groups is 1. The summed E-state index contributed by atoms with van der Waals surface area (Å²) in [6.07, 6.45) is 4.79. The molecule has 0 aliphatic rings. The largest absolute Gasteiger partial charge is 0.490 e. The molecule has 0 aliphatic carbocycles. The van der Waals surface area contributed by atoms with Crippen LogP contribution in [-0.4, -0.2) is 48.4 Å². The number of nitrogens with zero attached hydrogens (tertiary/aromatic N) is 2. The molecular weight excluding hydrogens is 655 g/mol. The number of thiazole rings is 1. The Kier molecular flexibility index (Phi) is 12.2. The number of hydrogen-bond acceptors (Lipinski definition) is 11. The lowest BCUT2D eigenvalue weighted by atomic mass is 10.0. The van der Waals surface area contributed by atoms with Gasteiger partial charge < -0.3 is 18.9 Å². The fourth-order valence-corrected chi connectivity index (χ4v) is 5.56. The molecular formula is C39H35N3O7S. The number of ether oxygens (including phenoxy) is 4. The van der Waals surface area contributed by atoms with Gasteiger partial charge in [0, 0.05) is 17.7 Å². The lowest BCUT2D eigenvalue weighted by Gasteiger charge is -2.17. The van der Waals surface area contributed by atoms with Gasteiger partial charge in [0.1, 0.15) is 24.7 Å². The maximum Gasteiger partial charge on any atom is 0.343 e. The average Bonchev–Trinajstić information content (AvgIpc) is 3.56. The van der Waals surface area contributed by atoms with Crippen LogP contribution in [0.5, 0.6) is 11.5 Å². The lowest BCUT2D eigenvalue weighted by molar-refractivity contribution is -0.154. The number of aromatic nitrogens is 1. The molecule has 1 aromatic heterocycles. The number of carbonyl (C=O) groups is 3. The Balaban J connectivity index is 1.30. The smallest absolute Gasteiger partial charge is 0.343 e. The second-order valence-electron chi connectivity index (χ2n) is 10.9. The Labute approximate surface area is 293 Å². The van der Waals surface area contributed by atoms with E-state index in [4.69, 9.17) is 18.9 Å². The molecule has 4 aromatic carbocycles. The number of benzene rings is 4. The first-order valence-electron chi connectivity index (χ1n) is 15.8. The van der Waals surface area contributed by atoms with Crippen molar-refractivity contribution in [3.8, 4) is 22.6 Å². The molecule has 1 atom stereocenters. The number of para-hydroxylation sites is 1. The summed E-state index contributed by atoms with van der Waals surface area (Å²) >= 11 is 1.48. The van der Waals surface area contributed by atoms with Crippen LogP contribution >= 0.6 is 11.3 Å². The van der Waals surface area contributed by atoms with Crippen LogP contribution in [0.15, 0.2) is 121 Å². The van der Waals surface area contributed by atoms with Crippen molar-refractivity contribution in [3.05, 3.63) is 133 Å². The molecule has 254 valence electrons. The van der Waals surface area contributed by atoms with E-state index in [-0.39, 0.29) is 18.8 Å². The zero-order valence-corrected chi connectivity index (χ0v) is 28.2. The summed E-state index contributed by atoms with van der Waals surface area (Å²) < 4.78 is 22.8. The van der Waals surface area contributed by atoms with Gasteiger partial charge in [-0.1, -0.05) is 80.3 Å². The standard InChI is InChI=1S/C39H35N3O7S/c1-4-9-26-12-14-27(15-13-26)29-18-21-34(30(22-29)23-40-42-39-41-33-10-7-8-11-35(33)50-39)49-38(45)28-16-19-31(20-17-28)46-24-32(48-37(44)6-3)25-47-36(43)5-2/h5-8,10-23,32H,2-4,9,24-25H2,1H3,(H,41,42)/b40-23+. The number of anilines is 1. The summed E-state index contributed by atoms with van der Waals surface area (Å²) in [6.45, 7) is 8.51. The zero-order valence-electron chi connectivity index (χ0n) is 27.4. The molecule has 50 heavy (non-hydrogen) atoms. The van der Waals surface area contributed by atoms with E-state index in [1.54, 1.807) is 36.5 Å². The Hall–Kier alpha value is -6.07. The lowest BCUT2D eigenvalue weighted by Crippen LogP contribution is -2.30. The van der Waals surface area contributed by atoms with Gasteiger partial charge in [-0.25, -0.2) is 19.4 Å². The molecule has 0 spiro atoms. The second-order valence-corrected chi connectivity index (χ2v) is 11.9. The molecule has 5 rings (SSSR count). The van der Waals surface area contributed by atoms with Gasteiger partial charge in [0.25, 0.3) is 0 Å². The highest BCUT2D eigenvalue weighted by atomic mass is 32.1. The minimum Gasteiger partial charge on any atom is -0.490 e. The normalized spacial score (nSPS) is 11.5. The van der Waals surface area contributed by atoms with Gasteiger partial charge in [-0.3, -0.25) is 5.43 Å². The van der Waals surface area contributed by atoms with Crippen LogP contribution in [0.3, 0.4) is 0 Å². The van der Waals surface area contributed by atoms with E-state index in [0.717, 1.165) is 46.3 Å². The third-order valence-electron chi connectivity index (χ3n) is 7.25. The van der Waals surface area contributed by atoms with E-state index < -0.39 is 24.0 Å². The van der Waals surface area contributed by atoms with Crippen molar-refractivity contribution < 1.29 is 33.3 Å². The third-order valence-corrected chi connectivity index (χ3v) is 8.19. The number of esters is 3. The second kappa shape index (κ2) is 17.4. The highest BCUT2D eigenvalue weighted by Gasteiger charge is 2.17. The van der Waals surface area contributed by atoms with Gasteiger partial charge in [-0.2, -0.15) is 5.10 Å². The summed E-state index contributed by atoms with van der Waals surface area (Å²) in [4.78, 5) is 41.0. The van der Waals surface area contributed by atoms with Crippen LogP contribution in [0, 0.1) is 0 Å². The molecule has 11 heteroatoms. The van der Waals surface area contributed by atoms with Gasteiger partial charge in [0.2, 0.25) is 5.13 Å². The van der Waals surface area contributed by atoms with Crippen LogP contribution in [0.4, 0.5) is 5.13 Å². The molecule has 5 aromatic rings. The van der Waals surface area contributed by atoms with Crippen molar-refractivity contribution >= 4 is 50.8 Å². The number of rotatable bonds is 16. The Bertz CT molecular complexity index is 1970. The Morgan fingerprint density at radius 1 is 0.900 bits per heavy atom. The molecule has 0 aliphatic heterocycles. The van der Waals surface area contributed by atoms with Crippen molar-refractivity contribution in [1.82, 2.24) is 4.98 Å². The highest BCUT2D eigenvalue weighted by molar-refractivity contribution is 7.22. The van der Waals surface area contributed by atoms with Gasteiger partial charge in [-0.15, -0.1) is 0 Å². The molecule has 10 nitrogen and oxygen atoms in total. The van der Waals surface area contributed by atoms with Crippen molar-refractivity contribution in [2.75, 3.05) is 18.6 Å². The predicted molar refractivity (Wildman–Crippen MR) is 195 cm³/mol. The monoisotopic (exact) mass is 689 g/mol. The van der Waals surface area contributed by atoms with Crippen LogP contribution in [0.1, 0.15) is 34.8 Å². The molecule has 0 radical (unpaired) electrons. The van der Waals surface area contributed by atoms with Crippen LogP contribution in [0.25, 0.3) is 21.3 Å². The molecule has 0 fully saturated rings. The van der Waals surface area contributed by atoms with Crippen LogP contribution in [-0.2, 0) is 25.5 Å². The van der Waals surface area contributed by atoms with Gasteiger partial charge in [-0.05, 0) is 71.6 Å². The fraction of sp³-hybridized carbons (Fsp3) is 0.154. The number of carbonyl (C=O) groups excluding carboxylic acids is 3. The first-order chi connectivity index (χ1) is 24.3. The molecule has 1 unspecified atom stereocenters. The predicted octanol–water partition coefficient (Wildman–Crippen LogP) is 7.79. The van der Waals surface area contributed by atoms with E-state index in [9.17, 15) is 14.4 Å². The molecule has 1 heterocycles. The number of nitrogens with one attached hydrogen (secondary N) is 1. The quantitative estimate of drug-likeness (QED) is 0.0363. The number of fused-ring (bicyclic) bond motifs is 1. The van der Waals surface area contributed by atoms with E-state index in [1.807, 2.05) is 36.4 Å². The van der Waals surface area contributed by atoms with Gasteiger partial charge in [0.15, 0.2) is 6.10 Å². The van der Waals surface area contributed by atoms with Crippen molar-refractivity contribution in [2.24, 2.45) is 5.10 Å². The van der Waals surface area contributed by atoms with E-state index in [0.29, 0.717) is 22.2 Å². The minimum absolute atomic E-state index is 0.116. The number of hydrogen-bond donors (Lipinski definition) is 1. The zero-order chi connectivity index (χ0) is 35.3. The van der Waals surface area contributed by atoms with E-state index in [1.165, 1.54) is 16.9 Å². The first-order valence-corrected chi connectivity index (χ1v) is 16.6. The van der Waals surface area contributed by atoms with E-state index in [2.05, 4.69) is 59.9 Å². The molecule has 0 saturated carbocycles. The Morgan fingerprint density at radius 2 is 1.64 bits per heavy atom. The number of aryl methyl sites for hydroxylation is 1. The molecule has 0 saturated heterocycles. The summed E-state index contributed by atoms with van der Waals surface area (Å²) in [7, 11) is 0. The fourth-order valence-electron chi connectivity index (χ4n) is 4.75. The summed E-state index contributed by atoms with van der Waals surface area (Å²) in [5.74, 6) is -1.24. The SMILES string of the molecule is C=CC(=O)OCC(COc1ccc(C(=O)Oc2ccc(-c3ccc(CCC)cc3)cc2/C=N/Nc2nc3ccccc3s2)cc1)OC(=O)C=C. The topological polar surface area (TPSA) is 125 Å². The maximum absolute atomic E-state index is 13.3. The minimum atomic E-state index is -0.893. The average molecular weight is 690 g/mol. The summed E-state index contributed by atoms with van der Waals surface area (Å²) in [5, 5.41) is 5.05. The van der Waals surface area contributed by atoms with Crippen LogP contribution < -0.4 is 14.9 Å². The summed E-state index contributed by atoms with van der Waals surface area (Å²) in [5.41, 5.74) is 7.95. The van der Waals surface area contributed by atoms with Gasteiger partial charge >= 0.3 is 17.9 Å². The highest BCUT2D eigenvalue weighted by Crippen LogP contribution is 2.29. The van der Waals surface area contributed by atoms with Crippen molar-refractivity contribution in [1.29, 1.82) is 0 Å². The Morgan fingerprint density at radius 3 is 2.36 bits per heavy atom.